The van der Waals surface area contributed by atoms with E-state index in [9.17, 15) is 4.79 Å². The van der Waals surface area contributed by atoms with Crippen LogP contribution >= 0.6 is 12.2 Å². The highest BCUT2D eigenvalue weighted by atomic mass is 32.1. The Labute approximate surface area is 194 Å². The molecule has 0 spiro atoms. The van der Waals surface area contributed by atoms with Crippen LogP contribution in [0.15, 0.2) is 60.9 Å². The SMILES string of the molecule is CCn1cccc1[C@H]1[C@@H](c2ccccn2)NC(=S)N1c1ccc(NC(=O)C(C)C)c(C)c1. The first-order chi connectivity index (χ1) is 15.4. The highest BCUT2D eigenvalue weighted by Gasteiger charge is 2.42. The maximum atomic E-state index is 12.2. The number of rotatable bonds is 6. The third-order valence-corrected chi connectivity index (χ3v) is 6.19. The van der Waals surface area contributed by atoms with Crippen LogP contribution in [0.1, 0.15) is 49.8 Å². The fraction of sp³-hybridized carbons (Fsp3) is 0.320. The number of benzene rings is 1. The number of nitrogens with zero attached hydrogens (tertiary/aromatic N) is 3. The predicted octanol–water partition coefficient (Wildman–Crippen LogP) is 4.98. The number of nitrogens with one attached hydrogen (secondary N) is 2. The summed E-state index contributed by atoms with van der Waals surface area (Å²) in [6, 6.07) is 16.1. The van der Waals surface area contributed by atoms with Crippen molar-refractivity contribution in [3.8, 4) is 0 Å². The molecule has 1 amide bonds. The first-order valence-electron chi connectivity index (χ1n) is 11.0. The average Bonchev–Trinajstić information content (AvgIpc) is 3.39. The summed E-state index contributed by atoms with van der Waals surface area (Å²) >= 11 is 5.82. The number of amides is 1. The number of aromatic nitrogens is 2. The van der Waals surface area contributed by atoms with Crippen molar-refractivity contribution in [2.45, 2.75) is 46.3 Å². The molecule has 1 aromatic carbocycles. The molecule has 1 aliphatic heterocycles. The second-order valence-electron chi connectivity index (χ2n) is 8.36. The van der Waals surface area contributed by atoms with Crippen LogP contribution in [-0.2, 0) is 11.3 Å². The van der Waals surface area contributed by atoms with E-state index in [-0.39, 0.29) is 23.9 Å². The molecule has 0 radical (unpaired) electrons. The maximum absolute atomic E-state index is 12.2. The first-order valence-corrected chi connectivity index (χ1v) is 11.4. The zero-order valence-electron chi connectivity index (χ0n) is 18.9. The van der Waals surface area contributed by atoms with Gasteiger partial charge in [0.2, 0.25) is 5.91 Å². The van der Waals surface area contributed by atoms with Gasteiger partial charge in [-0.3, -0.25) is 9.78 Å². The molecular formula is C25H29N5OS. The lowest BCUT2D eigenvalue weighted by Gasteiger charge is -2.29. The van der Waals surface area contributed by atoms with Crippen LogP contribution in [-0.4, -0.2) is 20.6 Å². The van der Waals surface area contributed by atoms with Gasteiger partial charge in [-0.2, -0.15) is 0 Å². The van der Waals surface area contributed by atoms with Crippen LogP contribution in [0.5, 0.6) is 0 Å². The Kier molecular flexibility index (Phi) is 6.28. The molecule has 3 heterocycles. The van der Waals surface area contributed by atoms with Crippen molar-refractivity contribution >= 4 is 34.6 Å². The van der Waals surface area contributed by atoms with E-state index >= 15 is 0 Å². The molecule has 1 aliphatic rings. The van der Waals surface area contributed by atoms with E-state index in [2.05, 4.69) is 56.4 Å². The highest BCUT2D eigenvalue weighted by molar-refractivity contribution is 7.80. The molecular weight excluding hydrogens is 418 g/mol. The smallest absolute Gasteiger partial charge is 0.226 e. The molecule has 2 aromatic heterocycles. The summed E-state index contributed by atoms with van der Waals surface area (Å²) in [7, 11) is 0. The van der Waals surface area contributed by atoms with Gasteiger partial charge in [0.25, 0.3) is 0 Å². The molecule has 4 rings (SSSR count). The largest absolute Gasteiger partial charge is 0.351 e. The third kappa shape index (κ3) is 4.12. The Morgan fingerprint density at radius 2 is 2.03 bits per heavy atom. The predicted molar refractivity (Wildman–Crippen MR) is 133 cm³/mol. The van der Waals surface area contributed by atoms with Crippen molar-refractivity contribution < 1.29 is 4.79 Å². The quantitative estimate of drug-likeness (QED) is 0.522. The monoisotopic (exact) mass is 447 g/mol. The summed E-state index contributed by atoms with van der Waals surface area (Å²) in [5.74, 6) is -0.0668. The van der Waals surface area contributed by atoms with Gasteiger partial charge in [-0.25, -0.2) is 0 Å². The molecule has 0 bridgehead atoms. The van der Waals surface area contributed by atoms with Gasteiger partial charge in [0.1, 0.15) is 6.04 Å². The Bertz CT molecular complexity index is 1120. The molecule has 6 nitrogen and oxygen atoms in total. The minimum Gasteiger partial charge on any atom is -0.351 e. The number of carbonyl (C=O) groups is 1. The molecule has 0 aliphatic carbocycles. The van der Waals surface area contributed by atoms with Gasteiger partial charge in [0.05, 0.1) is 11.7 Å². The van der Waals surface area contributed by atoms with Crippen molar-refractivity contribution in [3.05, 3.63) is 77.9 Å². The van der Waals surface area contributed by atoms with Crippen LogP contribution in [0.25, 0.3) is 0 Å². The van der Waals surface area contributed by atoms with Crippen molar-refractivity contribution in [2.75, 3.05) is 10.2 Å². The van der Waals surface area contributed by atoms with E-state index in [1.165, 1.54) is 5.69 Å². The molecule has 2 N–H and O–H groups in total. The maximum Gasteiger partial charge on any atom is 0.226 e. The second kappa shape index (κ2) is 9.12. The Morgan fingerprint density at radius 3 is 2.69 bits per heavy atom. The molecule has 1 fully saturated rings. The molecule has 166 valence electrons. The van der Waals surface area contributed by atoms with E-state index in [0.717, 1.165) is 29.2 Å². The number of pyridine rings is 1. The van der Waals surface area contributed by atoms with Crippen molar-refractivity contribution in [1.82, 2.24) is 14.9 Å². The molecule has 1 saturated heterocycles. The summed E-state index contributed by atoms with van der Waals surface area (Å²) in [6.07, 6.45) is 3.91. The summed E-state index contributed by atoms with van der Waals surface area (Å²) in [4.78, 5) is 19.0. The van der Waals surface area contributed by atoms with Crippen molar-refractivity contribution in [2.24, 2.45) is 5.92 Å². The summed E-state index contributed by atoms with van der Waals surface area (Å²) in [6.45, 7) is 8.79. The Balaban J connectivity index is 1.75. The van der Waals surface area contributed by atoms with Gasteiger partial charge in [-0.1, -0.05) is 19.9 Å². The van der Waals surface area contributed by atoms with Gasteiger partial charge >= 0.3 is 0 Å². The Morgan fingerprint density at radius 1 is 1.22 bits per heavy atom. The summed E-state index contributed by atoms with van der Waals surface area (Å²) in [5, 5.41) is 7.17. The van der Waals surface area contributed by atoms with Crippen molar-refractivity contribution in [3.63, 3.8) is 0 Å². The zero-order chi connectivity index (χ0) is 22.8. The van der Waals surface area contributed by atoms with Gasteiger partial charge in [-0.05, 0) is 74.1 Å². The van der Waals surface area contributed by atoms with Crippen molar-refractivity contribution in [1.29, 1.82) is 0 Å². The number of anilines is 2. The van der Waals surface area contributed by atoms with Gasteiger partial charge in [0, 0.05) is 41.9 Å². The summed E-state index contributed by atoms with van der Waals surface area (Å²) < 4.78 is 2.24. The summed E-state index contributed by atoms with van der Waals surface area (Å²) in [5.41, 5.74) is 4.91. The van der Waals surface area contributed by atoms with Crippen LogP contribution in [0.3, 0.4) is 0 Å². The average molecular weight is 448 g/mol. The van der Waals surface area contributed by atoms with Gasteiger partial charge in [0.15, 0.2) is 5.11 Å². The number of hydrogen-bond acceptors (Lipinski definition) is 3. The second-order valence-corrected chi connectivity index (χ2v) is 8.75. The van der Waals surface area contributed by atoms with E-state index < -0.39 is 0 Å². The van der Waals surface area contributed by atoms with E-state index in [0.29, 0.717) is 5.11 Å². The van der Waals surface area contributed by atoms with Crippen LogP contribution < -0.4 is 15.5 Å². The molecule has 0 unspecified atom stereocenters. The molecule has 0 saturated carbocycles. The Hall–Kier alpha value is -3.19. The van der Waals surface area contributed by atoms with Crippen LogP contribution in [0, 0.1) is 12.8 Å². The van der Waals surface area contributed by atoms with Crippen LogP contribution in [0.4, 0.5) is 11.4 Å². The minimum atomic E-state index is -0.0791. The normalized spacial score (nSPS) is 18.2. The highest BCUT2D eigenvalue weighted by Crippen LogP contribution is 2.42. The fourth-order valence-corrected chi connectivity index (χ4v) is 4.48. The number of hydrogen-bond donors (Lipinski definition) is 2. The molecule has 2 atom stereocenters. The third-order valence-electron chi connectivity index (χ3n) is 5.88. The first kappa shape index (κ1) is 22.0. The fourth-order valence-electron chi connectivity index (χ4n) is 4.13. The lowest BCUT2D eigenvalue weighted by Crippen LogP contribution is -2.30. The van der Waals surface area contributed by atoms with Crippen LogP contribution in [0.2, 0.25) is 0 Å². The number of thiocarbonyl (C=S) groups is 1. The lowest BCUT2D eigenvalue weighted by molar-refractivity contribution is -0.118. The minimum absolute atomic E-state index is 0.00748. The van der Waals surface area contributed by atoms with Gasteiger partial charge in [-0.15, -0.1) is 0 Å². The molecule has 3 aromatic rings. The number of carbonyl (C=O) groups excluding carboxylic acids is 1. The molecule has 7 heteroatoms. The lowest BCUT2D eigenvalue weighted by atomic mass is 10.0. The topological polar surface area (TPSA) is 62.2 Å². The van der Waals surface area contributed by atoms with E-state index in [1.54, 1.807) is 0 Å². The van der Waals surface area contributed by atoms with E-state index in [1.807, 2.05) is 57.3 Å². The standard InChI is InChI=1S/C25H29N5OS/c1-5-29-14-8-10-21(29)23-22(20-9-6-7-13-26-20)28-25(32)30(23)18-11-12-19(17(4)15-18)27-24(31)16(2)3/h6-16,22-23H,5H2,1-4H3,(H,27,31)(H,28,32)/t22-,23+/m1/s1. The molecule has 32 heavy (non-hydrogen) atoms. The number of aryl methyl sites for hydroxylation is 2. The zero-order valence-corrected chi connectivity index (χ0v) is 19.7. The van der Waals surface area contributed by atoms with E-state index in [4.69, 9.17) is 12.2 Å². The van der Waals surface area contributed by atoms with Gasteiger partial charge < -0.3 is 20.1 Å².